The Balaban J connectivity index is 2.04. The van der Waals surface area contributed by atoms with Gasteiger partial charge in [-0.25, -0.2) is 0 Å². The number of nitrogens with one attached hydrogen (secondary N) is 1. The third-order valence-corrected chi connectivity index (χ3v) is 2.96. The van der Waals surface area contributed by atoms with E-state index < -0.39 is 0 Å². The van der Waals surface area contributed by atoms with Gasteiger partial charge < -0.3 is 5.32 Å². The molecular formula is C11H15NO. The molecule has 1 N–H and O–H groups in total. The van der Waals surface area contributed by atoms with Crippen LogP contribution >= 0.6 is 0 Å². The summed E-state index contributed by atoms with van der Waals surface area (Å²) in [6, 6.07) is 0. The Morgan fingerprint density at radius 3 is 2.77 bits per heavy atom. The molecule has 0 saturated heterocycles. The Kier molecular flexibility index (Phi) is 1.98. The summed E-state index contributed by atoms with van der Waals surface area (Å²) in [7, 11) is 0. The molecule has 1 unspecified atom stereocenters. The standard InChI is InChI=1S/C11H15NO/c1-7(2)11(13)12-10-6-8-3-4-9(10)5-8/h8H,1,3-6H2,2H3,(H,12,13). The summed E-state index contributed by atoms with van der Waals surface area (Å²) in [5.41, 5.74) is 3.25. The zero-order valence-electron chi connectivity index (χ0n) is 8.02. The molecule has 2 aliphatic carbocycles. The number of carbonyl (C=O) groups excluding carboxylic acids is 1. The molecule has 2 rings (SSSR count). The first kappa shape index (κ1) is 8.54. The summed E-state index contributed by atoms with van der Waals surface area (Å²) in [4.78, 5) is 11.3. The van der Waals surface area contributed by atoms with Crippen LogP contribution in [0.3, 0.4) is 0 Å². The van der Waals surface area contributed by atoms with Crippen LogP contribution in [0, 0.1) is 5.92 Å². The van der Waals surface area contributed by atoms with Gasteiger partial charge in [0.25, 0.3) is 0 Å². The van der Waals surface area contributed by atoms with E-state index in [1.165, 1.54) is 30.5 Å². The zero-order chi connectivity index (χ0) is 9.42. The lowest BCUT2D eigenvalue weighted by Gasteiger charge is -2.13. The molecule has 1 saturated carbocycles. The molecule has 1 amide bonds. The van der Waals surface area contributed by atoms with Crippen molar-refractivity contribution in [3.63, 3.8) is 0 Å². The summed E-state index contributed by atoms with van der Waals surface area (Å²) < 4.78 is 0. The molecule has 13 heavy (non-hydrogen) atoms. The first-order chi connectivity index (χ1) is 6.16. The van der Waals surface area contributed by atoms with E-state index in [0.29, 0.717) is 5.57 Å². The topological polar surface area (TPSA) is 29.1 Å². The van der Waals surface area contributed by atoms with Gasteiger partial charge in [0.05, 0.1) is 0 Å². The van der Waals surface area contributed by atoms with Crippen LogP contribution in [-0.2, 0) is 4.79 Å². The fourth-order valence-electron chi connectivity index (χ4n) is 2.20. The lowest BCUT2D eigenvalue weighted by atomic mass is 10.0. The smallest absolute Gasteiger partial charge is 0.250 e. The second-order valence-corrected chi connectivity index (χ2v) is 4.13. The summed E-state index contributed by atoms with van der Waals surface area (Å²) >= 11 is 0. The van der Waals surface area contributed by atoms with Gasteiger partial charge in [0.15, 0.2) is 0 Å². The second-order valence-electron chi connectivity index (χ2n) is 4.13. The van der Waals surface area contributed by atoms with Gasteiger partial charge in [-0.15, -0.1) is 0 Å². The van der Waals surface area contributed by atoms with Crippen molar-refractivity contribution in [2.75, 3.05) is 0 Å². The maximum Gasteiger partial charge on any atom is 0.250 e. The van der Waals surface area contributed by atoms with E-state index in [4.69, 9.17) is 0 Å². The molecular weight excluding hydrogens is 162 g/mol. The maximum absolute atomic E-state index is 11.3. The third kappa shape index (κ3) is 1.53. The van der Waals surface area contributed by atoms with Crippen molar-refractivity contribution in [2.45, 2.75) is 32.6 Å². The van der Waals surface area contributed by atoms with Crippen LogP contribution in [0.15, 0.2) is 23.4 Å². The van der Waals surface area contributed by atoms with E-state index in [1.807, 2.05) is 0 Å². The van der Waals surface area contributed by atoms with E-state index in [9.17, 15) is 4.79 Å². The number of allylic oxidation sites excluding steroid dienone is 2. The number of hydrogen-bond donors (Lipinski definition) is 1. The van der Waals surface area contributed by atoms with E-state index in [2.05, 4.69) is 11.9 Å². The maximum atomic E-state index is 11.3. The molecule has 2 heteroatoms. The molecule has 2 bridgehead atoms. The Bertz CT molecular complexity index is 301. The zero-order valence-corrected chi connectivity index (χ0v) is 8.02. The summed E-state index contributed by atoms with van der Waals surface area (Å²) in [5.74, 6) is 0.797. The number of hydrogen-bond acceptors (Lipinski definition) is 1. The van der Waals surface area contributed by atoms with Crippen LogP contribution < -0.4 is 5.32 Å². The van der Waals surface area contributed by atoms with Crippen molar-refractivity contribution >= 4 is 5.91 Å². The van der Waals surface area contributed by atoms with Gasteiger partial charge in [-0.1, -0.05) is 12.2 Å². The number of fused-ring (bicyclic) bond motifs is 2. The monoisotopic (exact) mass is 177 g/mol. The van der Waals surface area contributed by atoms with Gasteiger partial charge in [-0.05, 0) is 38.5 Å². The van der Waals surface area contributed by atoms with E-state index in [-0.39, 0.29) is 5.91 Å². The van der Waals surface area contributed by atoms with Crippen LogP contribution in [-0.4, -0.2) is 5.91 Å². The highest BCUT2D eigenvalue weighted by Crippen LogP contribution is 2.42. The molecule has 1 atom stereocenters. The number of rotatable bonds is 2. The molecule has 0 spiro atoms. The van der Waals surface area contributed by atoms with Crippen LogP contribution in [0.5, 0.6) is 0 Å². The molecule has 0 aliphatic heterocycles. The van der Waals surface area contributed by atoms with Crippen molar-refractivity contribution in [3.05, 3.63) is 23.4 Å². The Hall–Kier alpha value is -1.05. The van der Waals surface area contributed by atoms with Gasteiger partial charge in [0.2, 0.25) is 5.91 Å². The molecule has 2 nitrogen and oxygen atoms in total. The highest BCUT2D eigenvalue weighted by atomic mass is 16.1. The molecule has 0 aromatic heterocycles. The quantitative estimate of drug-likeness (QED) is 0.643. The minimum atomic E-state index is -0.0185. The minimum Gasteiger partial charge on any atom is -0.326 e. The van der Waals surface area contributed by atoms with Crippen molar-refractivity contribution in [2.24, 2.45) is 5.92 Å². The molecule has 0 radical (unpaired) electrons. The highest BCUT2D eigenvalue weighted by Gasteiger charge is 2.30. The average molecular weight is 177 g/mol. The Morgan fingerprint density at radius 1 is 1.54 bits per heavy atom. The van der Waals surface area contributed by atoms with Crippen LogP contribution in [0.1, 0.15) is 32.6 Å². The summed E-state index contributed by atoms with van der Waals surface area (Å²) in [6.07, 6.45) is 4.80. The van der Waals surface area contributed by atoms with Gasteiger partial charge in [0.1, 0.15) is 0 Å². The fourth-order valence-corrected chi connectivity index (χ4v) is 2.20. The molecule has 0 heterocycles. The number of carbonyl (C=O) groups is 1. The SMILES string of the molecule is C=C(C)C(=O)NC1=C2CCC(C2)C1. The number of amides is 1. The van der Waals surface area contributed by atoms with Crippen molar-refractivity contribution in [3.8, 4) is 0 Å². The largest absolute Gasteiger partial charge is 0.326 e. The van der Waals surface area contributed by atoms with E-state index in [0.717, 1.165) is 12.3 Å². The molecule has 70 valence electrons. The van der Waals surface area contributed by atoms with Gasteiger partial charge in [-0.2, -0.15) is 0 Å². The average Bonchev–Trinajstić information content (AvgIpc) is 2.64. The predicted octanol–water partition coefficient (Wildman–Crippen LogP) is 2.14. The van der Waals surface area contributed by atoms with Crippen LogP contribution in [0.4, 0.5) is 0 Å². The van der Waals surface area contributed by atoms with Gasteiger partial charge in [0, 0.05) is 11.3 Å². The molecule has 0 aromatic carbocycles. The van der Waals surface area contributed by atoms with Gasteiger partial charge >= 0.3 is 0 Å². The molecule has 2 aliphatic rings. The van der Waals surface area contributed by atoms with Crippen LogP contribution in [0.2, 0.25) is 0 Å². The minimum absolute atomic E-state index is 0.0185. The normalized spacial score (nSPS) is 25.2. The second kappa shape index (κ2) is 3.02. The van der Waals surface area contributed by atoms with Gasteiger partial charge in [-0.3, -0.25) is 4.79 Å². The molecule has 0 aromatic rings. The molecule has 1 fully saturated rings. The van der Waals surface area contributed by atoms with Crippen molar-refractivity contribution in [1.29, 1.82) is 0 Å². The first-order valence-electron chi connectivity index (χ1n) is 4.84. The Labute approximate surface area is 78.7 Å². The van der Waals surface area contributed by atoms with E-state index in [1.54, 1.807) is 6.92 Å². The first-order valence-corrected chi connectivity index (χ1v) is 4.84. The summed E-state index contributed by atoms with van der Waals surface area (Å²) in [5, 5.41) is 2.95. The Morgan fingerprint density at radius 2 is 2.31 bits per heavy atom. The lowest BCUT2D eigenvalue weighted by molar-refractivity contribution is -0.116. The van der Waals surface area contributed by atoms with E-state index >= 15 is 0 Å². The fraction of sp³-hybridized carbons (Fsp3) is 0.545. The highest BCUT2D eigenvalue weighted by molar-refractivity contribution is 5.93. The third-order valence-electron chi connectivity index (χ3n) is 2.96. The summed E-state index contributed by atoms with van der Waals surface area (Å²) in [6.45, 7) is 5.37. The van der Waals surface area contributed by atoms with Crippen LogP contribution in [0.25, 0.3) is 0 Å². The van der Waals surface area contributed by atoms with Crippen molar-refractivity contribution in [1.82, 2.24) is 5.32 Å². The van der Waals surface area contributed by atoms with Crippen molar-refractivity contribution < 1.29 is 4.79 Å². The predicted molar refractivity (Wildman–Crippen MR) is 51.9 cm³/mol. The lowest BCUT2D eigenvalue weighted by Crippen LogP contribution is -2.24.